The zero-order chi connectivity index (χ0) is 10.7. The molecule has 15 heavy (non-hydrogen) atoms. The van der Waals surface area contributed by atoms with Gasteiger partial charge in [0, 0.05) is 19.2 Å². The van der Waals surface area contributed by atoms with Gasteiger partial charge in [0.25, 0.3) is 0 Å². The van der Waals surface area contributed by atoms with Crippen LogP contribution >= 0.6 is 0 Å². The molecule has 0 atom stereocenters. The molecule has 0 aliphatic carbocycles. The molecule has 0 radical (unpaired) electrons. The zero-order valence-corrected chi connectivity index (χ0v) is 8.34. The molecule has 2 rings (SSSR count). The zero-order valence-electron chi connectivity index (χ0n) is 8.34. The highest BCUT2D eigenvalue weighted by molar-refractivity contribution is 5.97. The molecule has 0 aliphatic heterocycles. The normalized spacial score (nSPS) is 9.93. The second-order valence-electron chi connectivity index (χ2n) is 3.12. The molecule has 0 unspecified atom stereocenters. The summed E-state index contributed by atoms with van der Waals surface area (Å²) in [6.07, 6.45) is 1.69. The largest absolute Gasteiger partial charge is 0.284 e. The number of nitrogens with one attached hydrogen (secondary N) is 1. The Kier molecular flexibility index (Phi) is 2.49. The van der Waals surface area contributed by atoms with Crippen molar-refractivity contribution in [2.45, 2.75) is 6.92 Å². The maximum Gasteiger partial charge on any atom is 0.229 e. The van der Waals surface area contributed by atoms with Crippen molar-refractivity contribution in [2.75, 3.05) is 4.90 Å². The fourth-order valence-electron chi connectivity index (χ4n) is 1.43. The van der Waals surface area contributed by atoms with Gasteiger partial charge >= 0.3 is 0 Å². The Labute approximate surface area is 87.5 Å². The molecule has 0 bridgehead atoms. The number of aromatic nitrogens is 2. The van der Waals surface area contributed by atoms with Gasteiger partial charge in [-0.15, -0.1) is 0 Å². The molecule has 0 saturated carbocycles. The highest BCUT2D eigenvalue weighted by Gasteiger charge is 2.14. The molecule has 1 aromatic carbocycles. The van der Waals surface area contributed by atoms with Crippen LogP contribution in [0.3, 0.4) is 0 Å². The van der Waals surface area contributed by atoms with E-state index in [0.717, 1.165) is 5.69 Å². The van der Waals surface area contributed by atoms with E-state index in [1.807, 2.05) is 30.3 Å². The van der Waals surface area contributed by atoms with Gasteiger partial charge in [-0.25, -0.2) is 0 Å². The first-order valence-electron chi connectivity index (χ1n) is 4.64. The van der Waals surface area contributed by atoms with Crippen molar-refractivity contribution in [3.63, 3.8) is 0 Å². The van der Waals surface area contributed by atoms with Crippen LogP contribution in [-0.2, 0) is 4.79 Å². The van der Waals surface area contributed by atoms with E-state index in [0.29, 0.717) is 5.82 Å². The van der Waals surface area contributed by atoms with Gasteiger partial charge in [-0.05, 0) is 12.1 Å². The van der Waals surface area contributed by atoms with Crippen molar-refractivity contribution in [2.24, 2.45) is 0 Å². The Morgan fingerprint density at radius 1 is 1.27 bits per heavy atom. The Morgan fingerprint density at radius 2 is 2.00 bits per heavy atom. The van der Waals surface area contributed by atoms with E-state index >= 15 is 0 Å². The lowest BCUT2D eigenvalue weighted by Crippen LogP contribution is -2.22. The van der Waals surface area contributed by atoms with Gasteiger partial charge in [0.05, 0.1) is 5.69 Å². The predicted molar refractivity (Wildman–Crippen MR) is 57.8 cm³/mol. The van der Waals surface area contributed by atoms with Crippen LogP contribution in [0.4, 0.5) is 11.5 Å². The van der Waals surface area contributed by atoms with E-state index in [-0.39, 0.29) is 5.91 Å². The van der Waals surface area contributed by atoms with Gasteiger partial charge in [-0.2, -0.15) is 5.10 Å². The predicted octanol–water partition coefficient (Wildman–Crippen LogP) is 2.09. The highest BCUT2D eigenvalue weighted by Crippen LogP contribution is 2.22. The molecule has 0 fully saturated rings. The summed E-state index contributed by atoms with van der Waals surface area (Å²) in [5.74, 6) is 0.544. The lowest BCUT2D eigenvalue weighted by Gasteiger charge is -2.17. The minimum atomic E-state index is -0.0618. The number of anilines is 2. The molecule has 1 N–H and O–H groups in total. The van der Waals surface area contributed by atoms with Crippen molar-refractivity contribution in [1.29, 1.82) is 0 Å². The minimum Gasteiger partial charge on any atom is -0.284 e. The van der Waals surface area contributed by atoms with Gasteiger partial charge < -0.3 is 0 Å². The van der Waals surface area contributed by atoms with E-state index in [1.54, 1.807) is 17.2 Å². The van der Waals surface area contributed by atoms with Crippen molar-refractivity contribution < 1.29 is 4.79 Å². The summed E-state index contributed by atoms with van der Waals surface area (Å²) in [5, 5.41) is 6.69. The van der Waals surface area contributed by atoms with E-state index in [1.165, 1.54) is 6.92 Å². The van der Waals surface area contributed by atoms with Gasteiger partial charge in [-0.1, -0.05) is 18.2 Å². The lowest BCUT2D eigenvalue weighted by molar-refractivity contribution is -0.115. The van der Waals surface area contributed by atoms with Crippen LogP contribution in [0.25, 0.3) is 0 Å². The van der Waals surface area contributed by atoms with E-state index in [9.17, 15) is 4.79 Å². The molecule has 4 nitrogen and oxygen atoms in total. The van der Waals surface area contributed by atoms with Crippen LogP contribution in [0.15, 0.2) is 42.6 Å². The fourth-order valence-corrected chi connectivity index (χ4v) is 1.43. The Morgan fingerprint density at radius 3 is 2.53 bits per heavy atom. The maximum absolute atomic E-state index is 11.5. The molecule has 0 aliphatic rings. The monoisotopic (exact) mass is 201 g/mol. The first-order chi connectivity index (χ1) is 7.29. The molecule has 0 spiro atoms. The highest BCUT2D eigenvalue weighted by atomic mass is 16.2. The number of hydrogen-bond donors (Lipinski definition) is 1. The topological polar surface area (TPSA) is 49.0 Å². The van der Waals surface area contributed by atoms with Crippen LogP contribution in [0.2, 0.25) is 0 Å². The quantitative estimate of drug-likeness (QED) is 0.808. The summed E-state index contributed by atoms with van der Waals surface area (Å²) in [6, 6.07) is 11.2. The molecule has 4 heteroatoms. The van der Waals surface area contributed by atoms with Crippen molar-refractivity contribution in [3.8, 4) is 0 Å². The van der Waals surface area contributed by atoms with Crippen LogP contribution in [0, 0.1) is 0 Å². The summed E-state index contributed by atoms with van der Waals surface area (Å²) < 4.78 is 0. The molecule has 1 heterocycles. The number of benzene rings is 1. The summed E-state index contributed by atoms with van der Waals surface area (Å²) in [6.45, 7) is 1.52. The molecule has 1 aromatic heterocycles. The summed E-state index contributed by atoms with van der Waals surface area (Å²) in [7, 11) is 0. The number of carbonyl (C=O) groups is 1. The van der Waals surface area contributed by atoms with E-state index in [4.69, 9.17) is 0 Å². The maximum atomic E-state index is 11.5. The third-order valence-corrected chi connectivity index (χ3v) is 2.04. The van der Waals surface area contributed by atoms with Crippen LogP contribution in [0.1, 0.15) is 6.92 Å². The van der Waals surface area contributed by atoms with Gasteiger partial charge in [0.15, 0.2) is 5.82 Å². The molecular weight excluding hydrogens is 190 g/mol. The molecule has 1 amide bonds. The average Bonchev–Trinajstić information content (AvgIpc) is 2.72. The first kappa shape index (κ1) is 9.45. The number of rotatable bonds is 2. The van der Waals surface area contributed by atoms with Crippen LogP contribution in [-0.4, -0.2) is 16.1 Å². The number of amides is 1. The third kappa shape index (κ3) is 1.88. The molecule has 0 saturated heterocycles. The molecular formula is C11H11N3O. The summed E-state index contributed by atoms with van der Waals surface area (Å²) in [5.41, 5.74) is 0.817. The molecule has 2 aromatic rings. The number of aromatic amines is 1. The second-order valence-corrected chi connectivity index (χ2v) is 3.12. The number of H-pyrrole nitrogens is 1. The lowest BCUT2D eigenvalue weighted by atomic mass is 10.3. The van der Waals surface area contributed by atoms with Crippen molar-refractivity contribution in [3.05, 3.63) is 42.6 Å². The number of para-hydroxylation sites is 1. The van der Waals surface area contributed by atoms with E-state index in [2.05, 4.69) is 10.2 Å². The summed E-state index contributed by atoms with van der Waals surface area (Å²) >= 11 is 0. The Balaban J connectivity index is 2.42. The fraction of sp³-hybridized carbons (Fsp3) is 0.0909. The average molecular weight is 201 g/mol. The minimum absolute atomic E-state index is 0.0618. The number of hydrogen-bond acceptors (Lipinski definition) is 2. The van der Waals surface area contributed by atoms with Gasteiger partial charge in [0.1, 0.15) is 0 Å². The third-order valence-electron chi connectivity index (χ3n) is 2.04. The number of carbonyl (C=O) groups excluding carboxylic acids is 1. The Hall–Kier alpha value is -2.10. The van der Waals surface area contributed by atoms with Crippen LogP contribution < -0.4 is 4.90 Å². The first-order valence-corrected chi connectivity index (χ1v) is 4.64. The van der Waals surface area contributed by atoms with Gasteiger partial charge in [0.2, 0.25) is 5.91 Å². The van der Waals surface area contributed by atoms with Crippen LogP contribution in [0.5, 0.6) is 0 Å². The smallest absolute Gasteiger partial charge is 0.229 e. The van der Waals surface area contributed by atoms with Crippen molar-refractivity contribution >= 4 is 17.4 Å². The Bertz CT molecular complexity index is 436. The SMILES string of the molecule is CC(=O)N(c1ccccc1)c1cc[nH]n1. The summed E-state index contributed by atoms with van der Waals surface area (Å²) in [4.78, 5) is 13.1. The van der Waals surface area contributed by atoms with Gasteiger partial charge in [-0.3, -0.25) is 14.8 Å². The van der Waals surface area contributed by atoms with Crippen molar-refractivity contribution in [1.82, 2.24) is 10.2 Å². The standard InChI is InChI=1S/C11H11N3O/c1-9(15)14(11-7-8-12-13-11)10-5-3-2-4-6-10/h2-8H,1H3,(H,12,13). The second kappa shape index (κ2) is 3.96. The number of nitrogens with zero attached hydrogens (tertiary/aromatic N) is 2. The van der Waals surface area contributed by atoms with E-state index < -0.39 is 0 Å². The molecule has 76 valence electrons.